The topological polar surface area (TPSA) is 12.5 Å². The van der Waals surface area contributed by atoms with Crippen LogP contribution >= 0.6 is 0 Å². The Morgan fingerprint density at radius 1 is 0.611 bits per heavy atom. The fourth-order valence-electron chi connectivity index (χ4n) is 1.68. The van der Waals surface area contributed by atoms with E-state index in [1.165, 1.54) is 58.2 Å². The van der Waals surface area contributed by atoms with Gasteiger partial charge in [0.25, 0.3) is 0 Å². The molecule has 0 spiro atoms. The Bertz CT molecular complexity index is 107. The van der Waals surface area contributed by atoms with E-state index in [1.807, 2.05) is 13.8 Å². The maximum absolute atomic E-state index is 4.83. The van der Waals surface area contributed by atoms with Crippen LogP contribution < -0.4 is 0 Å². The Labute approximate surface area is 116 Å². The van der Waals surface area contributed by atoms with E-state index >= 15 is 0 Å². The van der Waals surface area contributed by atoms with Gasteiger partial charge in [-0.05, 0) is 52.7 Å². The van der Waals surface area contributed by atoms with Gasteiger partial charge in [0.15, 0.2) is 0 Å². The van der Waals surface area contributed by atoms with Crippen molar-refractivity contribution in [3.63, 3.8) is 0 Å². The Morgan fingerprint density at radius 3 is 1.11 bits per heavy atom. The van der Waals surface area contributed by atoms with Gasteiger partial charge < -0.3 is 9.64 Å². The smallest absolute Gasteiger partial charge is 0.0437 e. The van der Waals surface area contributed by atoms with Crippen LogP contribution in [-0.2, 0) is 4.74 Å². The summed E-state index contributed by atoms with van der Waals surface area (Å²) in [4.78, 5) is 2.64. The summed E-state index contributed by atoms with van der Waals surface area (Å²) in [5.41, 5.74) is 0. The monoisotopic (exact) mass is 259 g/mol. The molecule has 0 rings (SSSR count). The van der Waals surface area contributed by atoms with E-state index in [1.54, 1.807) is 0 Å². The third-order valence-electron chi connectivity index (χ3n) is 2.89. The van der Waals surface area contributed by atoms with Gasteiger partial charge in [0, 0.05) is 13.2 Å². The van der Waals surface area contributed by atoms with Crippen LogP contribution in [0.3, 0.4) is 0 Å². The summed E-state index contributed by atoms with van der Waals surface area (Å²) in [5, 5.41) is 0. The first-order valence-electron chi connectivity index (χ1n) is 8.06. The minimum absolute atomic E-state index is 0.844. The van der Waals surface area contributed by atoms with Gasteiger partial charge in [-0.15, -0.1) is 0 Å². The Hall–Kier alpha value is -0.0800. The van der Waals surface area contributed by atoms with E-state index < -0.39 is 0 Å². The molecule has 0 amide bonds. The molecule has 0 saturated carbocycles. The van der Waals surface area contributed by atoms with Gasteiger partial charge in [-0.3, -0.25) is 0 Å². The summed E-state index contributed by atoms with van der Waals surface area (Å²) in [6.45, 7) is 16.4. The van der Waals surface area contributed by atoms with E-state index in [0.29, 0.717) is 0 Å². The summed E-state index contributed by atoms with van der Waals surface area (Å²) < 4.78 is 4.83. The first kappa shape index (κ1) is 20.2. The zero-order chi connectivity index (χ0) is 14.1. The lowest BCUT2D eigenvalue weighted by Crippen LogP contribution is -2.27. The minimum Gasteiger partial charge on any atom is -0.382 e. The zero-order valence-corrected chi connectivity index (χ0v) is 13.6. The summed E-state index contributed by atoms with van der Waals surface area (Å²) in [6.07, 6.45) is 8.09. The number of rotatable bonds is 11. The molecule has 2 heteroatoms. The van der Waals surface area contributed by atoms with Crippen LogP contribution in [0.2, 0.25) is 0 Å². The van der Waals surface area contributed by atoms with Gasteiger partial charge in [-0.25, -0.2) is 0 Å². The summed E-state index contributed by atoms with van der Waals surface area (Å²) in [5.74, 6) is 0. The SMILES string of the molecule is CCCCN(CCCC)CCCC.CCOCC. The second-order valence-electron chi connectivity index (χ2n) is 4.68. The highest BCUT2D eigenvalue weighted by molar-refractivity contribution is 4.57. The van der Waals surface area contributed by atoms with E-state index in [9.17, 15) is 0 Å². The Morgan fingerprint density at radius 2 is 0.944 bits per heavy atom. The van der Waals surface area contributed by atoms with Gasteiger partial charge in [-0.2, -0.15) is 0 Å². The molecule has 0 bridgehead atoms. The molecule has 112 valence electrons. The number of unbranched alkanes of at least 4 members (excludes halogenated alkanes) is 3. The maximum Gasteiger partial charge on any atom is 0.0437 e. The van der Waals surface area contributed by atoms with Crippen molar-refractivity contribution < 1.29 is 4.74 Å². The van der Waals surface area contributed by atoms with Gasteiger partial charge in [0.05, 0.1) is 0 Å². The predicted molar refractivity (Wildman–Crippen MR) is 83.3 cm³/mol. The van der Waals surface area contributed by atoms with Gasteiger partial charge >= 0.3 is 0 Å². The lowest BCUT2D eigenvalue weighted by Gasteiger charge is -2.21. The Kier molecular flexibility index (Phi) is 21.7. The highest BCUT2D eigenvalue weighted by Crippen LogP contribution is 2.01. The second kappa shape index (κ2) is 19.3. The van der Waals surface area contributed by atoms with Crippen LogP contribution in [0, 0.1) is 0 Å². The molecule has 0 heterocycles. The van der Waals surface area contributed by atoms with Crippen LogP contribution in [-0.4, -0.2) is 37.7 Å². The summed E-state index contributed by atoms with van der Waals surface area (Å²) in [6, 6.07) is 0. The molecule has 18 heavy (non-hydrogen) atoms. The molecular weight excluding hydrogens is 222 g/mol. The molecule has 0 fully saturated rings. The maximum atomic E-state index is 4.83. The predicted octanol–water partition coefficient (Wildman–Crippen LogP) is 4.73. The molecule has 0 aromatic rings. The first-order chi connectivity index (χ1) is 8.76. The van der Waals surface area contributed by atoms with Gasteiger partial charge in [-0.1, -0.05) is 40.0 Å². The molecule has 2 nitrogen and oxygen atoms in total. The third kappa shape index (κ3) is 18.3. The van der Waals surface area contributed by atoms with E-state index in [2.05, 4.69) is 25.7 Å². The quantitative estimate of drug-likeness (QED) is 0.532. The lowest BCUT2D eigenvalue weighted by molar-refractivity contribution is 0.162. The minimum atomic E-state index is 0.844. The fraction of sp³-hybridized carbons (Fsp3) is 1.00. The zero-order valence-electron chi connectivity index (χ0n) is 13.6. The van der Waals surface area contributed by atoms with Crippen molar-refractivity contribution in [3.8, 4) is 0 Å². The molecule has 0 atom stereocenters. The van der Waals surface area contributed by atoms with Crippen LogP contribution in [0.25, 0.3) is 0 Å². The van der Waals surface area contributed by atoms with E-state index in [0.717, 1.165) is 13.2 Å². The molecule has 0 N–H and O–H groups in total. The van der Waals surface area contributed by atoms with Gasteiger partial charge in [0.2, 0.25) is 0 Å². The number of nitrogens with zero attached hydrogens (tertiary/aromatic N) is 1. The highest BCUT2D eigenvalue weighted by atomic mass is 16.5. The second-order valence-corrected chi connectivity index (χ2v) is 4.68. The molecule has 0 radical (unpaired) electrons. The average Bonchev–Trinajstić information content (AvgIpc) is 2.39. The molecule has 0 aliphatic carbocycles. The largest absolute Gasteiger partial charge is 0.382 e. The van der Waals surface area contributed by atoms with Crippen molar-refractivity contribution >= 4 is 0 Å². The van der Waals surface area contributed by atoms with Crippen LogP contribution in [0.1, 0.15) is 73.1 Å². The molecule has 0 aliphatic heterocycles. The molecule has 0 aromatic carbocycles. The number of hydrogen-bond acceptors (Lipinski definition) is 2. The normalized spacial score (nSPS) is 10.3. The number of hydrogen-bond donors (Lipinski definition) is 0. The van der Waals surface area contributed by atoms with Crippen molar-refractivity contribution in [1.82, 2.24) is 4.90 Å². The molecule has 0 saturated heterocycles. The molecular formula is C16H37NO. The standard InChI is InChI=1S/C12H27N.C4H10O/c1-4-7-10-13(11-8-5-2)12-9-6-3;1-3-5-4-2/h4-12H2,1-3H3;3-4H2,1-2H3. The van der Waals surface area contributed by atoms with Crippen molar-refractivity contribution in [1.29, 1.82) is 0 Å². The fourth-order valence-corrected chi connectivity index (χ4v) is 1.68. The van der Waals surface area contributed by atoms with Gasteiger partial charge in [0.1, 0.15) is 0 Å². The van der Waals surface area contributed by atoms with Crippen LogP contribution in [0.5, 0.6) is 0 Å². The summed E-state index contributed by atoms with van der Waals surface area (Å²) in [7, 11) is 0. The van der Waals surface area contributed by atoms with Crippen LogP contribution in [0.4, 0.5) is 0 Å². The average molecular weight is 259 g/mol. The number of ether oxygens (including phenoxy) is 1. The molecule has 0 aromatic heterocycles. The Balaban J connectivity index is 0. The third-order valence-corrected chi connectivity index (χ3v) is 2.89. The van der Waals surface area contributed by atoms with Crippen molar-refractivity contribution in [2.75, 3.05) is 32.8 Å². The van der Waals surface area contributed by atoms with E-state index in [-0.39, 0.29) is 0 Å². The van der Waals surface area contributed by atoms with Crippen molar-refractivity contribution in [2.24, 2.45) is 0 Å². The highest BCUT2D eigenvalue weighted by Gasteiger charge is 2.01. The van der Waals surface area contributed by atoms with E-state index in [4.69, 9.17) is 4.74 Å². The summed E-state index contributed by atoms with van der Waals surface area (Å²) >= 11 is 0. The van der Waals surface area contributed by atoms with Crippen molar-refractivity contribution in [3.05, 3.63) is 0 Å². The molecule has 0 unspecified atom stereocenters. The lowest BCUT2D eigenvalue weighted by atomic mass is 10.2. The van der Waals surface area contributed by atoms with Crippen LogP contribution in [0.15, 0.2) is 0 Å². The first-order valence-corrected chi connectivity index (χ1v) is 8.06. The van der Waals surface area contributed by atoms with Crippen molar-refractivity contribution in [2.45, 2.75) is 73.1 Å². The molecule has 0 aliphatic rings.